The summed E-state index contributed by atoms with van der Waals surface area (Å²) in [6, 6.07) is 0. The summed E-state index contributed by atoms with van der Waals surface area (Å²) in [6.45, 7) is 0.318. The molecular formula is C4H9NO3. The summed E-state index contributed by atoms with van der Waals surface area (Å²) in [6.07, 6.45) is -0.319. The Kier molecular flexibility index (Phi) is 1.80. The van der Waals surface area contributed by atoms with Crippen LogP contribution in [0.15, 0.2) is 0 Å². The first-order valence-electron chi connectivity index (χ1n) is 2.52. The van der Waals surface area contributed by atoms with E-state index in [0.717, 1.165) is 0 Å². The van der Waals surface area contributed by atoms with Gasteiger partial charge >= 0.3 is 0 Å². The minimum absolute atomic E-state index is 0.318. The summed E-state index contributed by atoms with van der Waals surface area (Å²) in [5.74, 6) is 0. The molecule has 3 N–H and O–H groups in total. The maximum atomic E-state index is 8.75. The van der Waals surface area contributed by atoms with Crippen molar-refractivity contribution in [2.24, 2.45) is 0 Å². The topological polar surface area (TPSA) is 61.7 Å². The highest BCUT2D eigenvalue weighted by molar-refractivity contribution is 4.66. The molecule has 0 aromatic carbocycles. The van der Waals surface area contributed by atoms with Crippen LogP contribution >= 0.6 is 0 Å². The van der Waals surface area contributed by atoms with Crippen molar-refractivity contribution in [2.75, 3.05) is 6.61 Å². The van der Waals surface area contributed by atoms with Gasteiger partial charge in [-0.25, -0.2) is 0 Å². The van der Waals surface area contributed by atoms with E-state index in [1.807, 2.05) is 5.48 Å². The van der Waals surface area contributed by atoms with Crippen LogP contribution in [0.4, 0.5) is 0 Å². The minimum atomic E-state index is -0.417. The highest BCUT2D eigenvalue weighted by atomic mass is 16.6. The molecule has 4 heteroatoms. The molecule has 48 valence electrons. The van der Waals surface area contributed by atoms with E-state index in [2.05, 4.69) is 0 Å². The largest absolute Gasteiger partial charge is 0.391 e. The Bertz CT molecular complexity index is 77.7. The predicted molar refractivity (Wildman–Crippen MR) is 25.3 cm³/mol. The molecule has 0 saturated carbocycles. The monoisotopic (exact) mass is 119 g/mol. The Morgan fingerprint density at radius 2 is 2.38 bits per heavy atom. The molecule has 0 aromatic heterocycles. The van der Waals surface area contributed by atoms with Crippen LogP contribution in [0.25, 0.3) is 0 Å². The second-order valence-corrected chi connectivity index (χ2v) is 1.84. The zero-order valence-electron chi connectivity index (χ0n) is 4.37. The van der Waals surface area contributed by atoms with Gasteiger partial charge in [0.05, 0.1) is 12.7 Å². The number of hydrogen-bond donors (Lipinski definition) is 3. The van der Waals surface area contributed by atoms with Gasteiger partial charge in [0.2, 0.25) is 0 Å². The average Bonchev–Trinajstić information content (AvgIpc) is 2.14. The number of aliphatic hydroxyl groups excluding tert-OH is 1. The Labute approximate surface area is 47.0 Å². The molecule has 1 aliphatic heterocycles. The van der Waals surface area contributed by atoms with Crippen LogP contribution < -0.4 is 5.48 Å². The maximum Gasteiger partial charge on any atom is 0.132 e. The molecule has 0 radical (unpaired) electrons. The van der Waals surface area contributed by atoms with Crippen LogP contribution in [-0.4, -0.2) is 29.3 Å². The molecule has 1 aliphatic rings. The molecule has 1 rings (SSSR count). The summed E-state index contributed by atoms with van der Waals surface area (Å²) in [5.41, 5.74) is 1.91. The molecule has 0 spiro atoms. The van der Waals surface area contributed by atoms with Crippen molar-refractivity contribution in [1.29, 1.82) is 0 Å². The van der Waals surface area contributed by atoms with Gasteiger partial charge in [0.25, 0.3) is 0 Å². The SMILES string of the molecule is ON[C@H]1CC(O)CO1. The van der Waals surface area contributed by atoms with Gasteiger partial charge in [-0.1, -0.05) is 0 Å². The molecule has 1 heterocycles. The number of hydrogen-bond acceptors (Lipinski definition) is 4. The molecular weight excluding hydrogens is 110 g/mol. The van der Waals surface area contributed by atoms with Gasteiger partial charge in [0.1, 0.15) is 6.23 Å². The van der Waals surface area contributed by atoms with Crippen molar-refractivity contribution < 1.29 is 15.1 Å². The van der Waals surface area contributed by atoms with E-state index in [-0.39, 0.29) is 6.23 Å². The second kappa shape index (κ2) is 2.41. The Morgan fingerprint density at radius 1 is 1.62 bits per heavy atom. The fraction of sp³-hybridized carbons (Fsp3) is 1.00. The molecule has 1 unspecified atom stereocenters. The van der Waals surface area contributed by atoms with E-state index in [9.17, 15) is 0 Å². The van der Waals surface area contributed by atoms with Gasteiger partial charge in [0.15, 0.2) is 0 Å². The molecule has 8 heavy (non-hydrogen) atoms. The van der Waals surface area contributed by atoms with Gasteiger partial charge in [-0.2, -0.15) is 5.48 Å². The zero-order valence-corrected chi connectivity index (χ0v) is 4.37. The van der Waals surface area contributed by atoms with Crippen molar-refractivity contribution in [3.8, 4) is 0 Å². The number of hydroxylamine groups is 1. The summed E-state index contributed by atoms with van der Waals surface area (Å²) in [7, 11) is 0. The third-order valence-corrected chi connectivity index (χ3v) is 1.12. The van der Waals surface area contributed by atoms with Crippen molar-refractivity contribution in [3.63, 3.8) is 0 Å². The average molecular weight is 119 g/mol. The number of ether oxygens (including phenoxy) is 1. The summed E-state index contributed by atoms with van der Waals surface area (Å²) >= 11 is 0. The number of nitrogens with one attached hydrogen (secondary N) is 1. The van der Waals surface area contributed by atoms with Gasteiger partial charge in [0, 0.05) is 6.42 Å². The number of aliphatic hydroxyl groups is 1. The van der Waals surface area contributed by atoms with Crippen molar-refractivity contribution >= 4 is 0 Å². The van der Waals surface area contributed by atoms with E-state index >= 15 is 0 Å². The highest BCUT2D eigenvalue weighted by Crippen LogP contribution is 2.08. The van der Waals surface area contributed by atoms with Crippen LogP contribution in [-0.2, 0) is 4.74 Å². The van der Waals surface area contributed by atoms with Crippen molar-refractivity contribution in [2.45, 2.75) is 18.8 Å². The summed E-state index contributed by atoms with van der Waals surface area (Å²) in [5, 5.41) is 17.0. The standard InChI is InChI=1S/C4H9NO3/c6-3-1-4(5-7)8-2-3/h3-7H,1-2H2/t3?,4-/m1/s1. The Balaban J connectivity index is 2.22. The molecule has 4 nitrogen and oxygen atoms in total. The molecule has 2 atom stereocenters. The molecule has 1 fully saturated rings. The first-order valence-corrected chi connectivity index (χ1v) is 2.52. The molecule has 1 saturated heterocycles. The van der Waals surface area contributed by atoms with E-state index in [1.165, 1.54) is 0 Å². The van der Waals surface area contributed by atoms with Gasteiger partial charge in [-0.05, 0) is 0 Å². The predicted octanol–water partition coefficient (Wildman–Crippen LogP) is -0.928. The van der Waals surface area contributed by atoms with E-state index < -0.39 is 6.10 Å². The normalized spacial score (nSPS) is 38.2. The van der Waals surface area contributed by atoms with Gasteiger partial charge in [-0.3, -0.25) is 0 Å². The van der Waals surface area contributed by atoms with Crippen LogP contribution in [0, 0.1) is 0 Å². The lowest BCUT2D eigenvalue weighted by molar-refractivity contribution is -0.0182. The Hall–Kier alpha value is -0.160. The molecule has 0 aliphatic carbocycles. The summed E-state index contributed by atoms with van der Waals surface area (Å²) < 4.78 is 4.80. The first-order chi connectivity index (χ1) is 3.83. The molecule has 0 amide bonds. The van der Waals surface area contributed by atoms with Crippen LogP contribution in [0.3, 0.4) is 0 Å². The second-order valence-electron chi connectivity index (χ2n) is 1.84. The lowest BCUT2D eigenvalue weighted by atomic mass is 10.3. The van der Waals surface area contributed by atoms with Gasteiger partial charge < -0.3 is 15.1 Å². The van der Waals surface area contributed by atoms with E-state index in [1.54, 1.807) is 0 Å². The van der Waals surface area contributed by atoms with Crippen molar-refractivity contribution in [3.05, 3.63) is 0 Å². The van der Waals surface area contributed by atoms with Crippen molar-refractivity contribution in [1.82, 2.24) is 5.48 Å². The quantitative estimate of drug-likeness (QED) is 0.390. The highest BCUT2D eigenvalue weighted by Gasteiger charge is 2.21. The molecule has 0 aromatic rings. The fourth-order valence-corrected chi connectivity index (χ4v) is 0.700. The Morgan fingerprint density at radius 3 is 2.62 bits per heavy atom. The van der Waals surface area contributed by atoms with E-state index in [0.29, 0.717) is 13.0 Å². The van der Waals surface area contributed by atoms with Crippen LogP contribution in [0.1, 0.15) is 6.42 Å². The third kappa shape index (κ3) is 1.16. The third-order valence-electron chi connectivity index (χ3n) is 1.12. The first kappa shape index (κ1) is 5.97. The van der Waals surface area contributed by atoms with Crippen LogP contribution in [0.2, 0.25) is 0 Å². The van der Waals surface area contributed by atoms with Gasteiger partial charge in [-0.15, -0.1) is 0 Å². The maximum absolute atomic E-state index is 8.75. The molecule has 0 bridgehead atoms. The van der Waals surface area contributed by atoms with Crippen LogP contribution in [0.5, 0.6) is 0 Å². The minimum Gasteiger partial charge on any atom is -0.391 e. The fourth-order valence-electron chi connectivity index (χ4n) is 0.700. The summed E-state index contributed by atoms with van der Waals surface area (Å²) in [4.78, 5) is 0. The lowest BCUT2D eigenvalue weighted by Gasteiger charge is -2.02. The lowest BCUT2D eigenvalue weighted by Crippen LogP contribution is -2.24. The smallest absolute Gasteiger partial charge is 0.132 e. The zero-order chi connectivity index (χ0) is 5.98. The number of rotatable bonds is 1. The van der Waals surface area contributed by atoms with E-state index in [4.69, 9.17) is 15.1 Å².